The normalized spacial score (nSPS) is 14.9. The fourth-order valence-electron chi connectivity index (χ4n) is 1.83. The van der Waals surface area contributed by atoms with E-state index in [-0.39, 0.29) is 12.3 Å². The molecule has 0 unspecified atom stereocenters. The maximum atomic E-state index is 10.8. The number of nitrogens with two attached hydrogens (primary N) is 1. The largest absolute Gasteiger partial charge is 0.489 e. The van der Waals surface area contributed by atoms with Crippen molar-refractivity contribution in [2.24, 2.45) is 5.14 Å². The fourth-order valence-corrected chi connectivity index (χ4v) is 2.55. The highest BCUT2D eigenvalue weighted by Crippen LogP contribution is 2.37. The second kappa shape index (κ2) is 6.62. The number of halogens is 1. The second-order valence-electron chi connectivity index (χ2n) is 4.50. The van der Waals surface area contributed by atoms with Gasteiger partial charge in [0.25, 0.3) is 0 Å². The summed E-state index contributed by atoms with van der Waals surface area (Å²) in [5.41, 5.74) is 0.897. The quantitative estimate of drug-likeness (QED) is 0.786. The number of fused-ring (bicyclic) bond motifs is 1. The summed E-state index contributed by atoms with van der Waals surface area (Å²) in [6.45, 7) is 1.93. The minimum Gasteiger partial charge on any atom is -0.489 e. The third kappa shape index (κ3) is 4.52. The van der Waals surface area contributed by atoms with Gasteiger partial charge in [0.15, 0.2) is 11.5 Å². The van der Waals surface area contributed by atoms with Crippen LogP contribution in [-0.4, -0.2) is 33.9 Å². The average molecular weight is 321 g/mol. The lowest BCUT2D eigenvalue weighted by Gasteiger charge is -2.12. The molecule has 0 bridgehead atoms. The van der Waals surface area contributed by atoms with Gasteiger partial charge in [0.2, 0.25) is 10.0 Å². The Balaban J connectivity index is 1.99. The maximum Gasteiger partial charge on any atom is 0.210 e. The maximum absolute atomic E-state index is 10.8. The van der Waals surface area contributed by atoms with Crippen molar-refractivity contribution in [2.75, 3.05) is 25.5 Å². The van der Waals surface area contributed by atoms with Gasteiger partial charge in [-0.1, -0.05) is 11.6 Å². The smallest absolute Gasteiger partial charge is 0.210 e. The van der Waals surface area contributed by atoms with Gasteiger partial charge in [-0.25, -0.2) is 13.6 Å². The van der Waals surface area contributed by atoms with Crippen molar-refractivity contribution in [1.29, 1.82) is 0 Å². The van der Waals surface area contributed by atoms with E-state index >= 15 is 0 Å². The Hall–Kier alpha value is -1.02. The molecule has 1 aliphatic rings. The molecule has 0 saturated heterocycles. The molecule has 6 nitrogen and oxygen atoms in total. The van der Waals surface area contributed by atoms with Gasteiger partial charge >= 0.3 is 0 Å². The second-order valence-corrected chi connectivity index (χ2v) is 6.64. The van der Waals surface area contributed by atoms with Gasteiger partial charge in [0, 0.05) is 19.5 Å². The van der Waals surface area contributed by atoms with Crippen molar-refractivity contribution in [2.45, 2.75) is 13.0 Å². The molecule has 8 heteroatoms. The number of sulfonamides is 1. The zero-order chi connectivity index (χ0) is 14.6. The van der Waals surface area contributed by atoms with Crippen LogP contribution in [0.4, 0.5) is 0 Å². The summed E-state index contributed by atoms with van der Waals surface area (Å²) in [5.74, 6) is 1.08. The number of benzene rings is 1. The molecule has 1 aromatic carbocycles. The van der Waals surface area contributed by atoms with E-state index in [1.165, 1.54) is 0 Å². The lowest BCUT2D eigenvalue weighted by molar-refractivity contribution is 0.297. The molecule has 112 valence electrons. The van der Waals surface area contributed by atoms with Gasteiger partial charge in [-0.05, 0) is 17.7 Å². The summed E-state index contributed by atoms with van der Waals surface area (Å²) in [7, 11) is -3.44. The summed E-state index contributed by atoms with van der Waals surface area (Å²) in [5, 5.41) is 8.41. The molecule has 0 atom stereocenters. The molecule has 1 aliphatic heterocycles. The molecular weight excluding hydrogens is 304 g/mol. The molecule has 0 saturated carbocycles. The van der Waals surface area contributed by atoms with Crippen LogP contribution in [0.2, 0.25) is 5.02 Å². The van der Waals surface area contributed by atoms with Crippen molar-refractivity contribution in [1.82, 2.24) is 5.32 Å². The standard InChI is InChI=1S/C12H17ClN2O4S/c13-10-6-9(8-15-2-5-20(14,16)17)7-11-12(10)19-4-1-3-18-11/h6-7,15H,1-5,8H2,(H2,14,16,17). The molecule has 3 N–H and O–H groups in total. The zero-order valence-electron chi connectivity index (χ0n) is 10.9. The first-order chi connectivity index (χ1) is 9.46. The van der Waals surface area contributed by atoms with E-state index in [4.69, 9.17) is 26.2 Å². The molecule has 1 heterocycles. The Morgan fingerprint density at radius 1 is 1.30 bits per heavy atom. The first-order valence-corrected chi connectivity index (χ1v) is 8.34. The molecule has 0 radical (unpaired) electrons. The first-order valence-electron chi connectivity index (χ1n) is 6.25. The lowest BCUT2D eigenvalue weighted by atomic mass is 10.2. The van der Waals surface area contributed by atoms with Crippen LogP contribution in [0.25, 0.3) is 0 Å². The SMILES string of the molecule is NS(=O)(=O)CCNCc1cc(Cl)c2c(c1)OCCCO2. The highest BCUT2D eigenvalue weighted by molar-refractivity contribution is 7.89. The van der Waals surface area contributed by atoms with Crippen LogP contribution in [0, 0.1) is 0 Å². The van der Waals surface area contributed by atoms with Crippen LogP contribution in [0.5, 0.6) is 11.5 Å². The Bertz CT molecular complexity index is 577. The van der Waals surface area contributed by atoms with Crippen LogP contribution in [-0.2, 0) is 16.6 Å². The van der Waals surface area contributed by atoms with E-state index < -0.39 is 10.0 Å². The van der Waals surface area contributed by atoms with Gasteiger partial charge < -0.3 is 14.8 Å². The van der Waals surface area contributed by atoms with Crippen LogP contribution in [0.3, 0.4) is 0 Å². The number of hydrogen-bond donors (Lipinski definition) is 2. The molecule has 1 aromatic rings. The number of nitrogens with one attached hydrogen (secondary N) is 1. The highest BCUT2D eigenvalue weighted by Gasteiger charge is 2.15. The van der Waals surface area contributed by atoms with Gasteiger partial charge in [-0.3, -0.25) is 0 Å². The summed E-state index contributed by atoms with van der Waals surface area (Å²) in [6, 6.07) is 3.62. The number of hydrogen-bond acceptors (Lipinski definition) is 5. The van der Waals surface area contributed by atoms with Gasteiger partial charge in [0.1, 0.15) is 0 Å². The van der Waals surface area contributed by atoms with E-state index in [0.29, 0.717) is 36.3 Å². The summed E-state index contributed by atoms with van der Waals surface area (Å²) >= 11 is 6.16. The third-order valence-corrected chi connectivity index (χ3v) is 3.81. The topological polar surface area (TPSA) is 90.7 Å². The van der Waals surface area contributed by atoms with Crippen LogP contribution in [0.15, 0.2) is 12.1 Å². The van der Waals surface area contributed by atoms with E-state index in [1.807, 2.05) is 6.07 Å². The van der Waals surface area contributed by atoms with Gasteiger partial charge in [-0.2, -0.15) is 0 Å². The van der Waals surface area contributed by atoms with Crippen LogP contribution >= 0.6 is 11.6 Å². The lowest BCUT2D eigenvalue weighted by Crippen LogP contribution is -2.26. The Kier molecular flexibility index (Phi) is 5.09. The predicted octanol–water partition coefficient (Wildman–Crippen LogP) is 0.879. The first kappa shape index (κ1) is 15.4. The summed E-state index contributed by atoms with van der Waals surface area (Å²) in [4.78, 5) is 0. The van der Waals surface area contributed by atoms with E-state index in [0.717, 1.165) is 12.0 Å². The number of primary sulfonamides is 1. The minimum atomic E-state index is -3.44. The Morgan fingerprint density at radius 2 is 2.05 bits per heavy atom. The molecule has 0 fully saturated rings. The molecule has 0 amide bonds. The summed E-state index contributed by atoms with van der Waals surface area (Å²) < 4.78 is 32.7. The molecular formula is C12H17ClN2O4S. The van der Waals surface area contributed by atoms with Gasteiger partial charge in [0.05, 0.1) is 24.0 Å². The Labute approximate surface area is 123 Å². The van der Waals surface area contributed by atoms with E-state index in [9.17, 15) is 8.42 Å². The molecule has 0 aliphatic carbocycles. The number of ether oxygens (including phenoxy) is 2. The zero-order valence-corrected chi connectivity index (χ0v) is 12.5. The van der Waals surface area contributed by atoms with Crippen molar-refractivity contribution < 1.29 is 17.9 Å². The summed E-state index contributed by atoms with van der Waals surface area (Å²) in [6.07, 6.45) is 0.812. The average Bonchev–Trinajstić information content (AvgIpc) is 2.59. The van der Waals surface area contributed by atoms with Crippen molar-refractivity contribution in [3.05, 3.63) is 22.7 Å². The van der Waals surface area contributed by atoms with Crippen molar-refractivity contribution in [3.63, 3.8) is 0 Å². The van der Waals surface area contributed by atoms with Crippen LogP contribution in [0.1, 0.15) is 12.0 Å². The van der Waals surface area contributed by atoms with E-state index in [1.54, 1.807) is 6.07 Å². The number of rotatable bonds is 5. The molecule has 2 rings (SSSR count). The highest BCUT2D eigenvalue weighted by atomic mass is 35.5. The van der Waals surface area contributed by atoms with Gasteiger partial charge in [-0.15, -0.1) is 0 Å². The monoisotopic (exact) mass is 320 g/mol. The minimum absolute atomic E-state index is 0.106. The Morgan fingerprint density at radius 3 is 2.80 bits per heavy atom. The fraction of sp³-hybridized carbons (Fsp3) is 0.500. The third-order valence-electron chi connectivity index (χ3n) is 2.75. The molecule has 0 aromatic heterocycles. The van der Waals surface area contributed by atoms with E-state index in [2.05, 4.69) is 5.32 Å². The molecule has 0 spiro atoms. The molecule has 20 heavy (non-hydrogen) atoms. The van der Waals surface area contributed by atoms with Crippen molar-refractivity contribution >= 4 is 21.6 Å². The van der Waals surface area contributed by atoms with Crippen molar-refractivity contribution in [3.8, 4) is 11.5 Å². The predicted molar refractivity (Wildman–Crippen MR) is 76.7 cm³/mol. The van der Waals surface area contributed by atoms with Crippen LogP contribution < -0.4 is 19.9 Å².